The van der Waals surface area contributed by atoms with E-state index in [0.29, 0.717) is 11.1 Å². The molecule has 2 aromatic rings. The summed E-state index contributed by atoms with van der Waals surface area (Å²) in [7, 11) is 0. The standard InChI is InChI=1S/C15H12F3NO2/c1-10-2-5-12(9-19-10)14(20)8-11-3-6-13(7-4-11)21-15(16,17)18/h2-7,9H,8H2,1H3. The fourth-order valence-corrected chi connectivity index (χ4v) is 1.73. The summed E-state index contributed by atoms with van der Waals surface area (Å²) >= 11 is 0. The number of halogens is 3. The fourth-order valence-electron chi connectivity index (χ4n) is 1.73. The molecule has 0 saturated heterocycles. The molecule has 1 aromatic heterocycles. The number of aromatic nitrogens is 1. The molecule has 0 aliphatic heterocycles. The Morgan fingerprint density at radius 3 is 2.33 bits per heavy atom. The summed E-state index contributed by atoms with van der Waals surface area (Å²) in [6, 6.07) is 8.63. The van der Waals surface area contributed by atoms with Crippen molar-refractivity contribution < 1.29 is 22.7 Å². The number of carbonyl (C=O) groups is 1. The molecular weight excluding hydrogens is 283 g/mol. The largest absolute Gasteiger partial charge is 0.573 e. The van der Waals surface area contributed by atoms with Crippen LogP contribution in [0.25, 0.3) is 0 Å². The number of carbonyl (C=O) groups excluding carboxylic acids is 1. The van der Waals surface area contributed by atoms with Crippen molar-refractivity contribution in [3.05, 3.63) is 59.4 Å². The Labute approximate surface area is 119 Å². The van der Waals surface area contributed by atoms with E-state index in [0.717, 1.165) is 5.69 Å². The lowest BCUT2D eigenvalue weighted by Gasteiger charge is -2.09. The van der Waals surface area contributed by atoms with Gasteiger partial charge in [-0.2, -0.15) is 0 Å². The summed E-state index contributed by atoms with van der Waals surface area (Å²) in [4.78, 5) is 16.0. The molecule has 0 amide bonds. The molecule has 3 nitrogen and oxygen atoms in total. The molecule has 0 bridgehead atoms. The zero-order valence-electron chi connectivity index (χ0n) is 11.1. The minimum atomic E-state index is -4.72. The van der Waals surface area contributed by atoms with Crippen LogP contribution in [0.1, 0.15) is 21.6 Å². The van der Waals surface area contributed by atoms with E-state index >= 15 is 0 Å². The smallest absolute Gasteiger partial charge is 0.406 e. The zero-order valence-corrected chi connectivity index (χ0v) is 11.1. The van der Waals surface area contributed by atoms with Gasteiger partial charge in [-0.15, -0.1) is 13.2 Å². The molecule has 0 radical (unpaired) electrons. The number of Topliss-reactive ketones (excluding diaryl/α,β-unsaturated/α-hetero) is 1. The first-order valence-corrected chi connectivity index (χ1v) is 6.14. The van der Waals surface area contributed by atoms with E-state index in [2.05, 4.69) is 9.72 Å². The van der Waals surface area contributed by atoms with Crippen LogP contribution in [-0.4, -0.2) is 17.1 Å². The SMILES string of the molecule is Cc1ccc(C(=O)Cc2ccc(OC(F)(F)F)cc2)cn1. The minimum absolute atomic E-state index is 0.0943. The van der Waals surface area contributed by atoms with Crippen molar-refractivity contribution in [2.24, 2.45) is 0 Å². The van der Waals surface area contributed by atoms with E-state index < -0.39 is 6.36 Å². The highest BCUT2D eigenvalue weighted by atomic mass is 19.4. The Balaban J connectivity index is 2.03. The van der Waals surface area contributed by atoms with Crippen LogP contribution in [-0.2, 0) is 6.42 Å². The Bertz CT molecular complexity index is 619. The molecule has 0 fully saturated rings. The van der Waals surface area contributed by atoms with Crippen molar-refractivity contribution in [3.63, 3.8) is 0 Å². The van der Waals surface area contributed by atoms with Gasteiger partial charge in [-0.1, -0.05) is 12.1 Å². The number of rotatable bonds is 4. The fraction of sp³-hybridized carbons (Fsp3) is 0.200. The van der Waals surface area contributed by atoms with Crippen LogP contribution in [0.5, 0.6) is 5.75 Å². The Hall–Kier alpha value is -2.37. The summed E-state index contributed by atoms with van der Waals surface area (Å²) in [5, 5.41) is 0. The third kappa shape index (κ3) is 4.59. The molecule has 21 heavy (non-hydrogen) atoms. The summed E-state index contributed by atoms with van der Waals surface area (Å²) in [5.74, 6) is -0.456. The number of alkyl halides is 3. The third-order valence-corrected chi connectivity index (χ3v) is 2.75. The molecule has 110 valence electrons. The first-order chi connectivity index (χ1) is 9.83. The molecule has 0 aliphatic carbocycles. The third-order valence-electron chi connectivity index (χ3n) is 2.75. The highest BCUT2D eigenvalue weighted by Crippen LogP contribution is 2.23. The van der Waals surface area contributed by atoms with Crippen molar-refractivity contribution in [1.29, 1.82) is 0 Å². The molecule has 0 aliphatic rings. The Morgan fingerprint density at radius 2 is 1.81 bits per heavy atom. The maximum absolute atomic E-state index is 12.0. The molecule has 0 N–H and O–H groups in total. The molecule has 1 heterocycles. The van der Waals surface area contributed by atoms with E-state index in [9.17, 15) is 18.0 Å². The van der Waals surface area contributed by atoms with Crippen LogP contribution in [0.4, 0.5) is 13.2 Å². The summed E-state index contributed by atoms with van der Waals surface area (Å²) in [5.41, 5.74) is 1.88. The van der Waals surface area contributed by atoms with Crippen molar-refractivity contribution >= 4 is 5.78 Å². The van der Waals surface area contributed by atoms with Crippen molar-refractivity contribution in [2.75, 3.05) is 0 Å². The van der Waals surface area contributed by atoms with E-state index in [1.54, 1.807) is 12.1 Å². The number of nitrogens with zero attached hydrogens (tertiary/aromatic N) is 1. The van der Waals surface area contributed by atoms with Gasteiger partial charge in [0.05, 0.1) is 0 Å². The Morgan fingerprint density at radius 1 is 1.14 bits per heavy atom. The minimum Gasteiger partial charge on any atom is -0.406 e. The number of hydrogen-bond donors (Lipinski definition) is 0. The highest BCUT2D eigenvalue weighted by Gasteiger charge is 2.30. The number of pyridine rings is 1. The lowest BCUT2D eigenvalue weighted by Crippen LogP contribution is -2.17. The van der Waals surface area contributed by atoms with Gasteiger partial charge in [0.1, 0.15) is 5.75 Å². The Kier molecular flexibility index (Phi) is 4.26. The van der Waals surface area contributed by atoms with Crippen LogP contribution in [0.2, 0.25) is 0 Å². The number of ether oxygens (including phenoxy) is 1. The van der Waals surface area contributed by atoms with Gasteiger partial charge >= 0.3 is 6.36 Å². The lowest BCUT2D eigenvalue weighted by molar-refractivity contribution is -0.274. The van der Waals surface area contributed by atoms with Gasteiger partial charge in [0.2, 0.25) is 0 Å². The van der Waals surface area contributed by atoms with Gasteiger partial charge in [-0.3, -0.25) is 9.78 Å². The average molecular weight is 295 g/mol. The first kappa shape index (κ1) is 15.0. The zero-order chi connectivity index (χ0) is 15.5. The number of benzene rings is 1. The van der Waals surface area contributed by atoms with Gasteiger partial charge in [0.25, 0.3) is 0 Å². The molecule has 1 aromatic carbocycles. The van der Waals surface area contributed by atoms with Gasteiger partial charge in [0, 0.05) is 23.9 Å². The maximum atomic E-state index is 12.0. The second-order valence-corrected chi connectivity index (χ2v) is 4.48. The van der Waals surface area contributed by atoms with Gasteiger partial charge in [0.15, 0.2) is 5.78 Å². The van der Waals surface area contributed by atoms with E-state index in [1.165, 1.54) is 30.5 Å². The van der Waals surface area contributed by atoms with E-state index in [4.69, 9.17) is 0 Å². The van der Waals surface area contributed by atoms with Crippen molar-refractivity contribution in [3.8, 4) is 5.75 Å². The van der Waals surface area contributed by atoms with E-state index in [-0.39, 0.29) is 18.0 Å². The maximum Gasteiger partial charge on any atom is 0.573 e. The van der Waals surface area contributed by atoms with Crippen molar-refractivity contribution in [2.45, 2.75) is 19.7 Å². The second-order valence-electron chi connectivity index (χ2n) is 4.48. The first-order valence-electron chi connectivity index (χ1n) is 6.14. The second kappa shape index (κ2) is 5.95. The summed E-state index contributed by atoms with van der Waals surface area (Å²) in [6.07, 6.45) is -3.14. The van der Waals surface area contributed by atoms with Gasteiger partial charge in [-0.25, -0.2) is 0 Å². The number of aryl methyl sites for hydroxylation is 1. The summed E-state index contributed by atoms with van der Waals surface area (Å²) < 4.78 is 39.8. The summed E-state index contributed by atoms with van der Waals surface area (Å²) in [6.45, 7) is 1.81. The molecule has 0 unspecified atom stereocenters. The number of ketones is 1. The van der Waals surface area contributed by atoms with Crippen LogP contribution < -0.4 is 4.74 Å². The van der Waals surface area contributed by atoms with Crippen molar-refractivity contribution in [1.82, 2.24) is 4.98 Å². The molecule has 0 saturated carbocycles. The van der Waals surface area contributed by atoms with Crippen LogP contribution in [0.15, 0.2) is 42.6 Å². The van der Waals surface area contributed by atoms with E-state index in [1.807, 2.05) is 6.92 Å². The quantitative estimate of drug-likeness (QED) is 0.807. The predicted molar refractivity (Wildman–Crippen MR) is 70.1 cm³/mol. The topological polar surface area (TPSA) is 39.2 Å². The van der Waals surface area contributed by atoms with Crippen LogP contribution in [0.3, 0.4) is 0 Å². The molecular formula is C15H12F3NO2. The molecule has 6 heteroatoms. The van der Waals surface area contributed by atoms with Crippen LogP contribution in [0, 0.1) is 6.92 Å². The number of hydrogen-bond acceptors (Lipinski definition) is 3. The lowest BCUT2D eigenvalue weighted by atomic mass is 10.0. The molecule has 0 atom stereocenters. The van der Waals surface area contributed by atoms with Crippen LogP contribution >= 0.6 is 0 Å². The van der Waals surface area contributed by atoms with Gasteiger partial charge in [-0.05, 0) is 36.8 Å². The monoisotopic (exact) mass is 295 g/mol. The normalized spacial score (nSPS) is 11.2. The molecule has 0 spiro atoms. The van der Waals surface area contributed by atoms with Gasteiger partial charge < -0.3 is 4.74 Å². The average Bonchev–Trinajstić information content (AvgIpc) is 2.40. The predicted octanol–water partition coefficient (Wildman–Crippen LogP) is 3.71. The highest BCUT2D eigenvalue weighted by molar-refractivity contribution is 5.97. The molecule has 2 rings (SSSR count).